The Labute approximate surface area is 116 Å². The van der Waals surface area contributed by atoms with Gasteiger partial charge in [0.05, 0.1) is 7.11 Å². The van der Waals surface area contributed by atoms with E-state index in [1.54, 1.807) is 7.11 Å². The minimum Gasteiger partial charge on any atom is -0.496 e. The monoisotopic (exact) mass is 267 g/mol. The Bertz CT molecular complexity index is 792. The van der Waals surface area contributed by atoms with E-state index in [1.165, 1.54) is 0 Å². The number of para-hydroxylation sites is 2. The number of fused-ring (bicyclic) bond motifs is 1. The van der Waals surface area contributed by atoms with Gasteiger partial charge in [-0.15, -0.1) is 0 Å². The topological polar surface area (TPSA) is 25.0 Å². The molecule has 2 nitrogen and oxygen atoms in total. The molecule has 0 radical (unpaired) electrons. The van der Waals surface area contributed by atoms with Crippen LogP contribution in [0, 0.1) is 4.64 Å². The van der Waals surface area contributed by atoms with Crippen molar-refractivity contribution in [3.8, 4) is 16.9 Å². The zero-order valence-electron chi connectivity index (χ0n) is 10.5. The van der Waals surface area contributed by atoms with E-state index in [0.717, 1.165) is 32.4 Å². The number of hydrogen-bond acceptors (Lipinski definition) is 2. The summed E-state index contributed by atoms with van der Waals surface area (Å²) >= 11 is 5.31. The van der Waals surface area contributed by atoms with Gasteiger partial charge in [-0.25, -0.2) is 0 Å². The molecule has 0 saturated heterocycles. The minimum atomic E-state index is 0.722. The summed E-state index contributed by atoms with van der Waals surface area (Å²) in [6.07, 6.45) is 0. The Kier molecular flexibility index (Phi) is 3.05. The van der Waals surface area contributed by atoms with Crippen molar-refractivity contribution < 1.29 is 4.74 Å². The highest BCUT2D eigenvalue weighted by Gasteiger charge is 2.08. The van der Waals surface area contributed by atoms with E-state index in [2.05, 4.69) is 17.1 Å². The van der Waals surface area contributed by atoms with Crippen molar-refractivity contribution in [1.29, 1.82) is 0 Å². The first-order chi connectivity index (χ1) is 9.29. The summed E-state index contributed by atoms with van der Waals surface area (Å²) in [6, 6.07) is 18.1. The molecule has 2 aromatic carbocycles. The maximum absolute atomic E-state index is 5.44. The second-order valence-electron chi connectivity index (χ2n) is 4.29. The van der Waals surface area contributed by atoms with Crippen molar-refractivity contribution in [1.82, 2.24) is 4.98 Å². The van der Waals surface area contributed by atoms with Crippen LogP contribution in [0.3, 0.4) is 0 Å². The molecule has 3 rings (SSSR count). The normalized spacial score (nSPS) is 10.6. The molecule has 19 heavy (non-hydrogen) atoms. The van der Waals surface area contributed by atoms with Gasteiger partial charge in [0.2, 0.25) is 0 Å². The van der Waals surface area contributed by atoms with E-state index >= 15 is 0 Å². The Hall–Kier alpha value is -2.13. The molecule has 0 aliphatic heterocycles. The molecule has 0 saturated carbocycles. The lowest BCUT2D eigenvalue weighted by Crippen LogP contribution is -1.90. The van der Waals surface area contributed by atoms with Crippen LogP contribution in [0.5, 0.6) is 5.75 Å². The Balaban J connectivity index is 2.39. The van der Waals surface area contributed by atoms with Crippen LogP contribution in [0.1, 0.15) is 0 Å². The molecular formula is C16H13NOS. The number of pyridine rings is 1. The molecule has 0 spiro atoms. The van der Waals surface area contributed by atoms with Crippen LogP contribution >= 0.6 is 12.2 Å². The van der Waals surface area contributed by atoms with E-state index in [0.29, 0.717) is 0 Å². The van der Waals surface area contributed by atoms with Crippen LogP contribution in [-0.2, 0) is 0 Å². The molecule has 0 bridgehead atoms. The number of methoxy groups -OCH3 is 1. The van der Waals surface area contributed by atoms with Crippen LogP contribution in [0.15, 0.2) is 54.6 Å². The third-order valence-corrected chi connectivity index (χ3v) is 3.37. The lowest BCUT2D eigenvalue weighted by atomic mass is 10.0. The number of ether oxygens (including phenoxy) is 1. The van der Waals surface area contributed by atoms with Crippen LogP contribution in [0.2, 0.25) is 0 Å². The number of rotatable bonds is 2. The predicted octanol–water partition coefficient (Wildman–Crippen LogP) is 4.57. The highest BCUT2D eigenvalue weighted by atomic mass is 32.1. The number of H-pyrrole nitrogens is 1. The smallest absolute Gasteiger partial charge is 0.126 e. The van der Waals surface area contributed by atoms with Gasteiger partial charge in [0, 0.05) is 16.5 Å². The Morgan fingerprint density at radius 2 is 1.68 bits per heavy atom. The minimum absolute atomic E-state index is 0.722. The highest BCUT2D eigenvalue weighted by Crippen LogP contribution is 2.34. The summed E-state index contributed by atoms with van der Waals surface area (Å²) in [5, 5.41) is 1.14. The van der Waals surface area contributed by atoms with Crippen molar-refractivity contribution in [2.75, 3.05) is 7.11 Å². The molecule has 0 fully saturated rings. The number of hydrogen-bond donors (Lipinski definition) is 1. The molecule has 3 aromatic rings. The summed E-state index contributed by atoms with van der Waals surface area (Å²) in [7, 11) is 1.69. The van der Waals surface area contributed by atoms with Gasteiger partial charge in [0.1, 0.15) is 10.4 Å². The van der Waals surface area contributed by atoms with Crippen LogP contribution in [0.4, 0.5) is 0 Å². The Morgan fingerprint density at radius 3 is 2.53 bits per heavy atom. The van der Waals surface area contributed by atoms with Gasteiger partial charge >= 0.3 is 0 Å². The molecule has 0 unspecified atom stereocenters. The fourth-order valence-corrected chi connectivity index (χ4v) is 2.52. The molecule has 0 amide bonds. The van der Waals surface area contributed by atoms with E-state index in [-0.39, 0.29) is 0 Å². The van der Waals surface area contributed by atoms with Crippen molar-refractivity contribution in [3.63, 3.8) is 0 Å². The molecular weight excluding hydrogens is 254 g/mol. The third-order valence-electron chi connectivity index (χ3n) is 3.15. The standard InChI is InChI=1S/C16H13NOS/c1-18-15-9-5-3-7-12(15)13-10-16(19)17-14-8-4-2-6-11(13)14/h2-10H,1H3,(H,17,19). The summed E-state index contributed by atoms with van der Waals surface area (Å²) in [4.78, 5) is 3.21. The van der Waals surface area contributed by atoms with E-state index in [4.69, 9.17) is 17.0 Å². The molecule has 1 aromatic heterocycles. The van der Waals surface area contributed by atoms with Crippen molar-refractivity contribution >= 4 is 23.1 Å². The average molecular weight is 267 g/mol. The lowest BCUT2D eigenvalue weighted by Gasteiger charge is -2.11. The Morgan fingerprint density at radius 1 is 0.947 bits per heavy atom. The van der Waals surface area contributed by atoms with Crippen molar-refractivity contribution in [2.24, 2.45) is 0 Å². The molecule has 0 aliphatic rings. The molecule has 0 aliphatic carbocycles. The van der Waals surface area contributed by atoms with Gasteiger partial charge in [-0.3, -0.25) is 0 Å². The van der Waals surface area contributed by atoms with Crippen molar-refractivity contribution in [3.05, 3.63) is 59.2 Å². The maximum atomic E-state index is 5.44. The number of benzene rings is 2. The summed E-state index contributed by atoms with van der Waals surface area (Å²) in [6.45, 7) is 0. The first-order valence-corrected chi connectivity index (χ1v) is 6.46. The predicted molar refractivity (Wildman–Crippen MR) is 81.1 cm³/mol. The first kappa shape index (κ1) is 11.9. The fraction of sp³-hybridized carbons (Fsp3) is 0.0625. The number of nitrogens with one attached hydrogen (secondary N) is 1. The van der Waals surface area contributed by atoms with Gasteiger partial charge in [-0.05, 0) is 23.8 Å². The van der Waals surface area contributed by atoms with Crippen LogP contribution in [-0.4, -0.2) is 12.1 Å². The molecule has 1 heterocycles. The largest absolute Gasteiger partial charge is 0.496 e. The highest BCUT2D eigenvalue weighted by molar-refractivity contribution is 7.71. The lowest BCUT2D eigenvalue weighted by molar-refractivity contribution is 0.416. The molecule has 94 valence electrons. The van der Waals surface area contributed by atoms with Crippen LogP contribution in [0.25, 0.3) is 22.0 Å². The van der Waals surface area contributed by atoms with E-state index in [9.17, 15) is 0 Å². The quantitative estimate of drug-likeness (QED) is 0.688. The number of aromatic nitrogens is 1. The molecule has 3 heteroatoms. The van der Waals surface area contributed by atoms with Gasteiger partial charge in [-0.1, -0.05) is 48.6 Å². The molecule has 1 N–H and O–H groups in total. The van der Waals surface area contributed by atoms with E-state index in [1.807, 2.05) is 42.5 Å². The maximum Gasteiger partial charge on any atom is 0.126 e. The third kappa shape index (κ3) is 2.13. The van der Waals surface area contributed by atoms with Crippen LogP contribution < -0.4 is 4.74 Å². The van der Waals surface area contributed by atoms with Gasteiger partial charge in [0.25, 0.3) is 0 Å². The van der Waals surface area contributed by atoms with E-state index < -0.39 is 0 Å². The SMILES string of the molecule is COc1ccccc1-c1cc(=S)[nH]c2ccccc12. The van der Waals surface area contributed by atoms with Gasteiger partial charge in [0.15, 0.2) is 0 Å². The summed E-state index contributed by atoms with van der Waals surface area (Å²) < 4.78 is 6.17. The number of aromatic amines is 1. The zero-order valence-corrected chi connectivity index (χ0v) is 11.3. The second-order valence-corrected chi connectivity index (χ2v) is 4.73. The van der Waals surface area contributed by atoms with Gasteiger partial charge < -0.3 is 9.72 Å². The fourth-order valence-electron chi connectivity index (χ4n) is 2.29. The first-order valence-electron chi connectivity index (χ1n) is 6.05. The average Bonchev–Trinajstić information content (AvgIpc) is 2.46. The van der Waals surface area contributed by atoms with Gasteiger partial charge in [-0.2, -0.15) is 0 Å². The van der Waals surface area contributed by atoms with Crippen molar-refractivity contribution in [2.45, 2.75) is 0 Å². The summed E-state index contributed by atoms with van der Waals surface area (Å²) in [5.41, 5.74) is 3.19. The second kappa shape index (κ2) is 4.86. The zero-order chi connectivity index (χ0) is 13.2. The molecule has 0 atom stereocenters. The summed E-state index contributed by atoms with van der Waals surface area (Å²) in [5.74, 6) is 0.855.